The monoisotopic (exact) mass is 672 g/mol. The molecule has 16 heteroatoms. The zero-order valence-electron chi connectivity index (χ0n) is 27.2. The second-order valence-electron chi connectivity index (χ2n) is 10.1. The van der Waals surface area contributed by atoms with Crippen molar-refractivity contribution in [1.82, 2.24) is 10.6 Å². The lowest BCUT2D eigenvalue weighted by Crippen LogP contribution is -2.43. The highest BCUT2D eigenvalue weighted by molar-refractivity contribution is 7.98. The van der Waals surface area contributed by atoms with E-state index in [4.69, 9.17) is 21.9 Å². The maximum Gasteiger partial charge on any atom is 0.492 e. The Bertz CT molecular complexity index is 1200. The van der Waals surface area contributed by atoms with E-state index in [0.29, 0.717) is 36.6 Å². The Morgan fingerprint density at radius 2 is 1.70 bits per heavy atom. The van der Waals surface area contributed by atoms with Gasteiger partial charge in [-0.15, -0.1) is 11.8 Å². The zero-order valence-corrected chi connectivity index (χ0v) is 28.1. The first-order valence-corrected chi connectivity index (χ1v) is 15.9. The Balaban J connectivity index is 0.000000795. The van der Waals surface area contributed by atoms with Crippen LogP contribution in [-0.4, -0.2) is 75.3 Å². The molecule has 258 valence electrons. The molecule has 0 saturated heterocycles. The molecule has 3 rings (SSSR count). The molecule has 0 aliphatic carbocycles. The molecule has 1 aliphatic rings. The quantitative estimate of drug-likeness (QED) is 0.105. The Morgan fingerprint density at radius 1 is 1.11 bits per heavy atom. The minimum absolute atomic E-state index is 0.194. The van der Waals surface area contributed by atoms with E-state index in [1.165, 1.54) is 23.9 Å². The number of aldehydes is 1. The van der Waals surface area contributed by atoms with Crippen molar-refractivity contribution in [3.63, 3.8) is 0 Å². The van der Waals surface area contributed by atoms with Gasteiger partial charge in [-0.05, 0) is 81.0 Å². The SMILES string of the molecule is CC.CC1(C)OB(O)c2ccc(NC(=O)CNC(=O)C(N)CCC=O)cc21.CNC(CN)CN.CSc1ccc(C(F)(F)F)cc1. The van der Waals surface area contributed by atoms with Crippen LogP contribution in [0.1, 0.15) is 51.7 Å². The molecular formula is C30H48BF3N6O5S. The van der Waals surface area contributed by atoms with Crippen molar-refractivity contribution in [3.8, 4) is 0 Å². The highest BCUT2D eigenvalue weighted by atomic mass is 32.2. The summed E-state index contributed by atoms with van der Waals surface area (Å²) in [5.74, 6) is -0.892. The van der Waals surface area contributed by atoms with Crippen LogP contribution in [0.4, 0.5) is 18.9 Å². The first kappa shape index (κ1) is 43.0. The van der Waals surface area contributed by atoms with E-state index in [1.54, 1.807) is 18.2 Å². The largest absolute Gasteiger partial charge is 0.492 e. The van der Waals surface area contributed by atoms with Gasteiger partial charge < -0.3 is 47.6 Å². The Hall–Kier alpha value is -2.99. The molecule has 1 unspecified atom stereocenters. The third-order valence-electron chi connectivity index (χ3n) is 6.41. The summed E-state index contributed by atoms with van der Waals surface area (Å²) >= 11 is 1.42. The van der Waals surface area contributed by atoms with Gasteiger partial charge in [0.15, 0.2) is 0 Å². The van der Waals surface area contributed by atoms with Gasteiger partial charge in [-0.25, -0.2) is 0 Å². The maximum atomic E-state index is 12.0. The molecule has 0 radical (unpaired) electrons. The number of thioether (sulfide) groups is 1. The third kappa shape index (κ3) is 15.1. The first-order chi connectivity index (χ1) is 21.6. The fraction of sp³-hybridized carbons (Fsp3) is 0.500. The number of carbonyl (C=O) groups excluding carboxylic acids is 3. The predicted octanol–water partition coefficient (Wildman–Crippen LogP) is 1.95. The minimum Gasteiger partial charge on any atom is -0.423 e. The number of fused-ring (bicyclic) bond motifs is 1. The number of hydrogen-bond acceptors (Lipinski definition) is 10. The van der Waals surface area contributed by atoms with Gasteiger partial charge in [0, 0.05) is 36.1 Å². The summed E-state index contributed by atoms with van der Waals surface area (Å²) < 4.78 is 41.5. The number of carbonyl (C=O) groups is 3. The van der Waals surface area contributed by atoms with Crippen LogP contribution in [0.3, 0.4) is 0 Å². The number of alkyl halides is 3. The highest BCUT2D eigenvalue weighted by Crippen LogP contribution is 2.31. The summed E-state index contributed by atoms with van der Waals surface area (Å²) in [7, 11) is 0.867. The number of rotatable bonds is 11. The number of likely N-dealkylation sites (N-methyl/N-ethyl adjacent to an activating group) is 1. The summed E-state index contributed by atoms with van der Waals surface area (Å²) in [4.78, 5) is 34.8. The molecular weight excluding hydrogens is 624 g/mol. The van der Waals surface area contributed by atoms with Crippen molar-refractivity contribution in [2.45, 2.75) is 69.3 Å². The number of anilines is 1. The molecule has 1 atom stereocenters. The lowest BCUT2D eigenvalue weighted by Gasteiger charge is -2.20. The molecule has 10 N–H and O–H groups in total. The van der Waals surface area contributed by atoms with Gasteiger partial charge in [0.25, 0.3) is 0 Å². The molecule has 1 aliphatic heterocycles. The van der Waals surface area contributed by atoms with Gasteiger partial charge >= 0.3 is 13.3 Å². The fourth-order valence-electron chi connectivity index (χ4n) is 3.77. The lowest BCUT2D eigenvalue weighted by molar-refractivity contribution is -0.137. The predicted molar refractivity (Wildman–Crippen MR) is 179 cm³/mol. The van der Waals surface area contributed by atoms with Crippen LogP contribution >= 0.6 is 11.8 Å². The topological polar surface area (TPSA) is 195 Å². The second-order valence-corrected chi connectivity index (χ2v) is 11.0. The van der Waals surface area contributed by atoms with Crippen LogP contribution in [0.2, 0.25) is 0 Å². The van der Waals surface area contributed by atoms with Gasteiger partial charge in [0.1, 0.15) is 6.29 Å². The molecule has 0 spiro atoms. The van der Waals surface area contributed by atoms with E-state index in [2.05, 4.69) is 16.0 Å². The van der Waals surface area contributed by atoms with Crippen molar-refractivity contribution < 1.29 is 37.2 Å². The van der Waals surface area contributed by atoms with Crippen molar-refractivity contribution in [2.75, 3.05) is 38.3 Å². The van der Waals surface area contributed by atoms with Crippen LogP contribution in [0, 0.1) is 0 Å². The van der Waals surface area contributed by atoms with Gasteiger partial charge in [0.2, 0.25) is 11.8 Å². The van der Waals surface area contributed by atoms with Gasteiger partial charge in [-0.1, -0.05) is 19.9 Å². The lowest BCUT2D eigenvalue weighted by atomic mass is 9.78. The molecule has 1 heterocycles. The Kier molecular flexibility index (Phi) is 20.3. The molecule has 2 aromatic carbocycles. The van der Waals surface area contributed by atoms with E-state index >= 15 is 0 Å². The zero-order chi connectivity index (χ0) is 35.5. The van der Waals surface area contributed by atoms with E-state index in [1.807, 2.05) is 41.0 Å². The van der Waals surface area contributed by atoms with Gasteiger partial charge in [-0.3, -0.25) is 9.59 Å². The van der Waals surface area contributed by atoms with Crippen molar-refractivity contribution in [1.29, 1.82) is 0 Å². The molecule has 46 heavy (non-hydrogen) atoms. The van der Waals surface area contributed by atoms with Crippen molar-refractivity contribution >= 4 is 48.1 Å². The summed E-state index contributed by atoms with van der Waals surface area (Å²) in [6.45, 7) is 8.66. The molecule has 2 amide bonds. The Labute approximate surface area is 274 Å². The van der Waals surface area contributed by atoms with Crippen LogP contribution in [0.5, 0.6) is 0 Å². The number of benzene rings is 2. The van der Waals surface area contributed by atoms with Crippen LogP contribution < -0.4 is 38.6 Å². The molecule has 0 saturated carbocycles. The summed E-state index contributed by atoms with van der Waals surface area (Å²) in [5.41, 5.74) is 16.8. The highest BCUT2D eigenvalue weighted by Gasteiger charge is 2.40. The van der Waals surface area contributed by atoms with E-state index in [0.717, 1.165) is 22.6 Å². The number of hydrogen-bond donors (Lipinski definition) is 7. The molecule has 11 nitrogen and oxygen atoms in total. The summed E-state index contributed by atoms with van der Waals surface area (Å²) in [6.07, 6.45) is -1.28. The van der Waals surface area contributed by atoms with Gasteiger partial charge in [-0.2, -0.15) is 13.2 Å². The van der Waals surface area contributed by atoms with E-state index in [-0.39, 0.29) is 19.4 Å². The van der Waals surface area contributed by atoms with E-state index < -0.39 is 42.3 Å². The first-order valence-electron chi connectivity index (χ1n) is 14.7. The number of nitrogens with one attached hydrogen (secondary N) is 3. The van der Waals surface area contributed by atoms with Crippen LogP contribution in [-0.2, 0) is 30.8 Å². The van der Waals surface area contributed by atoms with Crippen molar-refractivity contribution in [2.24, 2.45) is 17.2 Å². The number of halogens is 3. The standard InChI is InChI=1S/C16H22BN3O5.C8H7F3S.C4H13N3.C2H6/c1-16(2)11-8-10(5-6-12(11)17(24)25-16)20-14(22)9-19-15(23)13(18)4-3-7-21;1-12-7-4-2-6(3-5-7)8(9,10)11;1-7-4(2-5)3-6;1-2/h5-8,13,24H,3-4,9,18H2,1-2H3,(H,19,23)(H,20,22);2-5H,1H3;4,7H,2-3,5-6H2,1H3;1-2H3. The number of amides is 2. The third-order valence-corrected chi connectivity index (χ3v) is 7.15. The normalized spacial score (nSPS) is 13.5. The summed E-state index contributed by atoms with van der Waals surface area (Å²) in [5, 5.41) is 17.9. The molecule has 0 fully saturated rings. The van der Waals surface area contributed by atoms with Crippen molar-refractivity contribution in [3.05, 3.63) is 53.6 Å². The smallest absolute Gasteiger partial charge is 0.423 e. The Morgan fingerprint density at radius 3 is 2.15 bits per heavy atom. The number of nitrogens with two attached hydrogens (primary N) is 3. The second kappa shape index (κ2) is 21.7. The molecule has 0 bridgehead atoms. The van der Waals surface area contributed by atoms with Crippen LogP contribution in [0.25, 0.3) is 0 Å². The average molecular weight is 673 g/mol. The van der Waals surface area contributed by atoms with E-state index in [9.17, 15) is 32.6 Å². The maximum absolute atomic E-state index is 12.0. The van der Waals surface area contributed by atoms with Crippen LogP contribution in [0.15, 0.2) is 47.4 Å². The molecule has 2 aromatic rings. The molecule has 0 aromatic heterocycles. The van der Waals surface area contributed by atoms with Gasteiger partial charge in [0.05, 0.1) is 23.8 Å². The fourth-order valence-corrected chi connectivity index (χ4v) is 4.18. The minimum atomic E-state index is -4.23. The summed E-state index contributed by atoms with van der Waals surface area (Å²) in [6, 6.07) is 9.66. The average Bonchev–Trinajstić information content (AvgIpc) is 3.27.